The Morgan fingerprint density at radius 1 is 1.18 bits per heavy atom. The molecule has 3 aromatic rings. The molecular formula is C22H26N2O3S. The van der Waals surface area contributed by atoms with Gasteiger partial charge in [-0.2, -0.15) is 0 Å². The summed E-state index contributed by atoms with van der Waals surface area (Å²) in [7, 11) is 0. The second-order valence-corrected chi connectivity index (χ2v) is 9.55. The molecule has 1 aliphatic heterocycles. The Morgan fingerprint density at radius 2 is 1.93 bits per heavy atom. The van der Waals surface area contributed by atoms with Crippen LogP contribution in [-0.2, 0) is 4.74 Å². The molecule has 1 saturated heterocycles. The number of piperidine rings is 1. The lowest BCUT2D eigenvalue weighted by molar-refractivity contribution is 0.0127. The van der Waals surface area contributed by atoms with Gasteiger partial charge in [-0.25, -0.2) is 9.78 Å². The van der Waals surface area contributed by atoms with Crippen molar-refractivity contribution in [2.45, 2.75) is 52.2 Å². The molecule has 2 aromatic carbocycles. The van der Waals surface area contributed by atoms with E-state index in [0.717, 1.165) is 39.9 Å². The number of likely N-dealkylation sites (tertiary alicyclic amines) is 1. The van der Waals surface area contributed by atoms with E-state index in [1.54, 1.807) is 16.2 Å². The molecule has 28 heavy (non-hydrogen) atoms. The second-order valence-electron chi connectivity index (χ2n) is 8.31. The van der Waals surface area contributed by atoms with Gasteiger partial charge < -0.3 is 14.4 Å². The monoisotopic (exact) mass is 398 g/mol. The maximum Gasteiger partial charge on any atom is 0.410 e. The zero-order chi connectivity index (χ0) is 19.9. The van der Waals surface area contributed by atoms with Crippen molar-refractivity contribution in [3.63, 3.8) is 0 Å². The van der Waals surface area contributed by atoms with Crippen molar-refractivity contribution in [2.24, 2.45) is 0 Å². The Balaban J connectivity index is 1.42. The first-order valence-electron chi connectivity index (χ1n) is 9.73. The van der Waals surface area contributed by atoms with Crippen molar-refractivity contribution >= 4 is 38.4 Å². The van der Waals surface area contributed by atoms with E-state index in [4.69, 9.17) is 9.47 Å². The van der Waals surface area contributed by atoms with Gasteiger partial charge in [0.15, 0.2) is 0 Å². The minimum Gasteiger partial charge on any atom is -0.490 e. The second kappa shape index (κ2) is 7.24. The van der Waals surface area contributed by atoms with Crippen LogP contribution in [0.1, 0.15) is 38.6 Å². The summed E-state index contributed by atoms with van der Waals surface area (Å²) in [5.74, 6) is 0.870. The maximum absolute atomic E-state index is 12.2. The topological polar surface area (TPSA) is 51.7 Å². The summed E-state index contributed by atoms with van der Waals surface area (Å²) in [5.41, 5.74) is 0.605. The minimum absolute atomic E-state index is 0.112. The van der Waals surface area contributed by atoms with E-state index in [-0.39, 0.29) is 12.2 Å². The molecule has 1 fully saturated rings. The van der Waals surface area contributed by atoms with Crippen molar-refractivity contribution in [2.75, 3.05) is 13.1 Å². The lowest BCUT2D eigenvalue weighted by Gasteiger charge is -2.33. The average molecular weight is 399 g/mol. The number of fused-ring (bicyclic) bond motifs is 3. The number of hydrogen-bond acceptors (Lipinski definition) is 5. The minimum atomic E-state index is -0.462. The van der Waals surface area contributed by atoms with Crippen LogP contribution in [0.15, 0.2) is 30.3 Å². The first-order valence-corrected chi connectivity index (χ1v) is 10.5. The molecule has 4 rings (SSSR count). The standard InChI is InChI=1S/C22H26N2O3S/c1-14-23-20-18-7-6-17(13-15(18)5-8-19(20)28-14)26-16-9-11-24(12-10-16)21(25)27-22(2,3)4/h5-8,13,16H,9-12H2,1-4H3. The van der Waals surface area contributed by atoms with Gasteiger partial charge >= 0.3 is 6.09 Å². The molecular weight excluding hydrogens is 372 g/mol. The highest BCUT2D eigenvalue weighted by atomic mass is 32.1. The highest BCUT2D eigenvalue weighted by molar-refractivity contribution is 7.18. The van der Waals surface area contributed by atoms with Crippen LogP contribution >= 0.6 is 11.3 Å². The lowest BCUT2D eigenvalue weighted by Crippen LogP contribution is -2.44. The molecule has 1 aliphatic rings. The first kappa shape index (κ1) is 19.0. The smallest absolute Gasteiger partial charge is 0.410 e. The van der Waals surface area contributed by atoms with Crippen LogP contribution in [0.3, 0.4) is 0 Å². The molecule has 0 saturated carbocycles. The number of rotatable bonds is 2. The molecule has 148 valence electrons. The molecule has 0 aliphatic carbocycles. The van der Waals surface area contributed by atoms with Crippen molar-refractivity contribution in [1.29, 1.82) is 0 Å². The van der Waals surface area contributed by atoms with Gasteiger partial charge in [0.25, 0.3) is 0 Å². The van der Waals surface area contributed by atoms with Crippen LogP contribution in [0.2, 0.25) is 0 Å². The van der Waals surface area contributed by atoms with Crippen LogP contribution in [0.25, 0.3) is 21.0 Å². The van der Waals surface area contributed by atoms with E-state index in [0.29, 0.717) is 13.1 Å². The molecule has 2 heterocycles. The number of benzene rings is 2. The third-order valence-corrected chi connectivity index (χ3v) is 5.79. The van der Waals surface area contributed by atoms with E-state index in [2.05, 4.69) is 29.2 Å². The Labute approximate surface area is 169 Å². The summed E-state index contributed by atoms with van der Waals surface area (Å²) in [5, 5.41) is 3.38. The third kappa shape index (κ3) is 4.07. The molecule has 0 N–H and O–H groups in total. The van der Waals surface area contributed by atoms with Crippen LogP contribution in [0, 0.1) is 6.92 Å². The SMILES string of the molecule is Cc1nc2c(ccc3cc(OC4CCN(C(=O)OC(C)(C)C)CC4)ccc32)s1. The van der Waals surface area contributed by atoms with E-state index < -0.39 is 5.60 Å². The number of nitrogens with zero attached hydrogens (tertiary/aromatic N) is 2. The fourth-order valence-electron chi connectivity index (χ4n) is 3.56. The van der Waals surface area contributed by atoms with Crippen LogP contribution < -0.4 is 4.74 Å². The van der Waals surface area contributed by atoms with Gasteiger partial charge in [-0.05, 0) is 57.3 Å². The van der Waals surface area contributed by atoms with Gasteiger partial charge in [0, 0.05) is 31.3 Å². The molecule has 0 unspecified atom stereocenters. The predicted octanol–water partition coefficient (Wildman–Crippen LogP) is 5.54. The summed E-state index contributed by atoms with van der Waals surface area (Å²) in [4.78, 5) is 18.6. The lowest BCUT2D eigenvalue weighted by atomic mass is 10.1. The molecule has 0 atom stereocenters. The number of hydrogen-bond donors (Lipinski definition) is 0. The Morgan fingerprint density at radius 3 is 2.64 bits per heavy atom. The average Bonchev–Trinajstić information content (AvgIpc) is 3.01. The van der Waals surface area contributed by atoms with Crippen molar-refractivity contribution in [3.8, 4) is 5.75 Å². The Hall–Kier alpha value is -2.34. The zero-order valence-electron chi connectivity index (χ0n) is 16.8. The number of carbonyl (C=O) groups excluding carboxylic acids is 1. The molecule has 0 radical (unpaired) electrons. The van der Waals surface area contributed by atoms with E-state index in [1.165, 1.54) is 4.70 Å². The molecule has 1 aromatic heterocycles. The summed E-state index contributed by atoms with van der Waals surface area (Å²) < 4.78 is 12.9. The van der Waals surface area contributed by atoms with Gasteiger partial charge in [0.2, 0.25) is 0 Å². The number of carbonyl (C=O) groups is 1. The molecule has 5 nitrogen and oxygen atoms in total. The van der Waals surface area contributed by atoms with Gasteiger partial charge in [0.05, 0.1) is 15.2 Å². The van der Waals surface area contributed by atoms with Crippen molar-refractivity contribution in [1.82, 2.24) is 9.88 Å². The van der Waals surface area contributed by atoms with Crippen LogP contribution in [-0.4, -0.2) is 40.8 Å². The van der Waals surface area contributed by atoms with Gasteiger partial charge in [-0.3, -0.25) is 0 Å². The predicted molar refractivity (Wildman–Crippen MR) is 113 cm³/mol. The number of aromatic nitrogens is 1. The van der Waals surface area contributed by atoms with Gasteiger partial charge in [-0.15, -0.1) is 11.3 Å². The van der Waals surface area contributed by atoms with E-state index >= 15 is 0 Å². The van der Waals surface area contributed by atoms with Crippen LogP contribution in [0.5, 0.6) is 5.75 Å². The van der Waals surface area contributed by atoms with E-state index in [1.807, 2.05) is 33.8 Å². The molecule has 0 spiro atoms. The van der Waals surface area contributed by atoms with E-state index in [9.17, 15) is 4.79 Å². The third-order valence-electron chi connectivity index (χ3n) is 4.85. The normalized spacial score (nSPS) is 15.9. The quantitative estimate of drug-likeness (QED) is 0.569. The fourth-order valence-corrected chi connectivity index (χ4v) is 4.40. The Bertz CT molecular complexity index is 1010. The molecule has 1 amide bonds. The summed E-state index contributed by atoms with van der Waals surface area (Å²) >= 11 is 1.72. The first-order chi connectivity index (χ1) is 13.3. The van der Waals surface area contributed by atoms with Crippen LogP contribution in [0.4, 0.5) is 4.79 Å². The summed E-state index contributed by atoms with van der Waals surface area (Å²) in [6.07, 6.45) is 1.49. The maximum atomic E-state index is 12.2. The number of ether oxygens (including phenoxy) is 2. The fraction of sp³-hybridized carbons (Fsp3) is 0.455. The molecule has 0 bridgehead atoms. The number of thiazole rings is 1. The zero-order valence-corrected chi connectivity index (χ0v) is 17.6. The Kier molecular flexibility index (Phi) is 4.91. The van der Waals surface area contributed by atoms with Gasteiger partial charge in [0.1, 0.15) is 17.5 Å². The largest absolute Gasteiger partial charge is 0.490 e. The van der Waals surface area contributed by atoms with Crippen molar-refractivity contribution < 1.29 is 14.3 Å². The van der Waals surface area contributed by atoms with Gasteiger partial charge in [-0.1, -0.05) is 6.07 Å². The highest BCUT2D eigenvalue weighted by Gasteiger charge is 2.27. The summed E-state index contributed by atoms with van der Waals surface area (Å²) in [6.45, 7) is 9.03. The van der Waals surface area contributed by atoms with Crippen molar-refractivity contribution in [3.05, 3.63) is 35.3 Å². The number of amides is 1. The molecule has 6 heteroatoms. The summed E-state index contributed by atoms with van der Waals surface area (Å²) in [6, 6.07) is 10.5. The highest BCUT2D eigenvalue weighted by Crippen LogP contribution is 2.32. The number of aryl methyl sites for hydroxylation is 1.